The number of hydrogen-bond acceptors (Lipinski definition) is 6. The number of carbonyl (C=O) groups is 1. The lowest BCUT2D eigenvalue weighted by molar-refractivity contribution is -0.132. The van der Waals surface area contributed by atoms with Crippen molar-refractivity contribution in [2.24, 2.45) is 0 Å². The Bertz CT molecular complexity index is 904. The van der Waals surface area contributed by atoms with Crippen LogP contribution in [-0.4, -0.2) is 41.7 Å². The lowest BCUT2D eigenvalue weighted by Gasteiger charge is -2.15. The summed E-state index contributed by atoms with van der Waals surface area (Å²) >= 11 is 0. The lowest BCUT2D eigenvalue weighted by atomic mass is 10.2. The van der Waals surface area contributed by atoms with Gasteiger partial charge in [0.05, 0.1) is 13.7 Å². The number of likely N-dealkylation sites (N-methyl/N-ethyl adjacent to an activating group) is 1. The fourth-order valence-corrected chi connectivity index (χ4v) is 2.54. The first-order valence-electron chi connectivity index (χ1n) is 9.01. The van der Waals surface area contributed by atoms with Gasteiger partial charge in [0.2, 0.25) is 11.7 Å². The second-order valence-electron chi connectivity index (χ2n) is 6.28. The molecule has 0 N–H and O–H groups in total. The van der Waals surface area contributed by atoms with Gasteiger partial charge in [-0.15, -0.1) is 0 Å². The van der Waals surface area contributed by atoms with E-state index in [1.54, 1.807) is 14.2 Å². The lowest BCUT2D eigenvalue weighted by Crippen LogP contribution is -2.31. The van der Waals surface area contributed by atoms with Crippen LogP contribution < -0.4 is 9.47 Å². The third-order valence-electron chi connectivity index (χ3n) is 4.31. The quantitative estimate of drug-likeness (QED) is 0.595. The fraction of sp³-hybridized carbons (Fsp3) is 0.286. The number of ether oxygens (including phenoxy) is 2. The average Bonchev–Trinajstić information content (AvgIpc) is 3.20. The molecule has 7 heteroatoms. The van der Waals surface area contributed by atoms with Crippen LogP contribution in [0.2, 0.25) is 0 Å². The molecule has 2 aromatic carbocycles. The first kappa shape index (κ1) is 19.4. The van der Waals surface area contributed by atoms with Gasteiger partial charge >= 0.3 is 0 Å². The second kappa shape index (κ2) is 9.03. The van der Waals surface area contributed by atoms with Gasteiger partial charge in [-0.2, -0.15) is 4.98 Å². The average molecular weight is 381 g/mol. The first-order chi connectivity index (χ1) is 13.6. The summed E-state index contributed by atoms with van der Waals surface area (Å²) in [6.07, 6.45) is 0.963. The summed E-state index contributed by atoms with van der Waals surface area (Å²) in [5.41, 5.74) is 2.03. The summed E-state index contributed by atoms with van der Waals surface area (Å²) in [5.74, 6) is 2.06. The molecule has 0 atom stereocenters. The molecule has 1 heterocycles. The molecule has 7 nitrogen and oxygen atoms in total. The number of aromatic nitrogens is 2. The maximum absolute atomic E-state index is 12.3. The summed E-state index contributed by atoms with van der Waals surface area (Å²) < 4.78 is 15.9. The number of nitrogens with zero attached hydrogens (tertiary/aromatic N) is 3. The normalized spacial score (nSPS) is 10.5. The maximum Gasteiger partial charge on any atom is 0.260 e. The number of hydrogen-bond donors (Lipinski definition) is 0. The molecule has 1 amide bonds. The van der Waals surface area contributed by atoms with Crippen LogP contribution in [0.15, 0.2) is 53.1 Å². The van der Waals surface area contributed by atoms with Gasteiger partial charge in [0, 0.05) is 12.6 Å². The summed E-state index contributed by atoms with van der Waals surface area (Å²) in [4.78, 5) is 18.1. The molecule has 0 aliphatic heterocycles. The zero-order valence-corrected chi connectivity index (χ0v) is 16.2. The highest BCUT2D eigenvalue weighted by Crippen LogP contribution is 2.20. The molecule has 0 saturated carbocycles. The zero-order valence-electron chi connectivity index (χ0n) is 16.2. The summed E-state index contributed by atoms with van der Waals surface area (Å²) in [7, 11) is 3.28. The van der Waals surface area contributed by atoms with Gasteiger partial charge in [-0.05, 0) is 48.4 Å². The summed E-state index contributed by atoms with van der Waals surface area (Å²) in [6, 6.07) is 15.1. The van der Waals surface area contributed by atoms with Crippen molar-refractivity contribution in [2.75, 3.05) is 20.8 Å². The Balaban J connectivity index is 1.54. The molecule has 1 aromatic heterocycles. The Hall–Kier alpha value is -3.35. The van der Waals surface area contributed by atoms with Crippen molar-refractivity contribution < 1.29 is 18.8 Å². The number of amides is 1. The maximum atomic E-state index is 12.3. The van der Waals surface area contributed by atoms with E-state index >= 15 is 0 Å². The third kappa shape index (κ3) is 4.88. The molecule has 0 radical (unpaired) electrons. The molecule has 0 bridgehead atoms. The Kier molecular flexibility index (Phi) is 6.26. The Labute approximate surface area is 163 Å². The van der Waals surface area contributed by atoms with Crippen LogP contribution in [0.1, 0.15) is 18.4 Å². The van der Waals surface area contributed by atoms with E-state index in [1.165, 1.54) is 10.5 Å². The largest absolute Gasteiger partial charge is 0.497 e. The van der Waals surface area contributed by atoms with Crippen LogP contribution in [-0.2, 0) is 17.8 Å². The van der Waals surface area contributed by atoms with Gasteiger partial charge in [0.25, 0.3) is 5.91 Å². The fourth-order valence-electron chi connectivity index (χ4n) is 2.54. The first-order valence-corrected chi connectivity index (χ1v) is 9.01. The number of rotatable bonds is 8. The molecule has 0 saturated heterocycles. The Morgan fingerprint density at radius 2 is 1.75 bits per heavy atom. The van der Waals surface area contributed by atoms with E-state index < -0.39 is 0 Å². The van der Waals surface area contributed by atoms with Crippen LogP contribution >= 0.6 is 0 Å². The van der Waals surface area contributed by atoms with E-state index in [0.717, 1.165) is 17.7 Å². The van der Waals surface area contributed by atoms with Crippen molar-refractivity contribution >= 4 is 5.91 Å². The highest BCUT2D eigenvalue weighted by molar-refractivity contribution is 5.77. The smallest absolute Gasteiger partial charge is 0.260 e. The van der Waals surface area contributed by atoms with Gasteiger partial charge < -0.3 is 18.9 Å². The van der Waals surface area contributed by atoms with E-state index in [2.05, 4.69) is 17.1 Å². The van der Waals surface area contributed by atoms with Gasteiger partial charge in [0.15, 0.2) is 6.61 Å². The molecule has 0 aliphatic rings. The monoisotopic (exact) mass is 381 g/mol. The van der Waals surface area contributed by atoms with Crippen LogP contribution in [0, 0.1) is 0 Å². The van der Waals surface area contributed by atoms with Crippen molar-refractivity contribution in [2.45, 2.75) is 19.9 Å². The SMILES string of the molecule is CCc1ccc(OCC(=O)N(C)Cc2nc(-c3ccc(OC)cc3)no2)cc1. The van der Waals surface area contributed by atoms with E-state index in [0.29, 0.717) is 17.5 Å². The Morgan fingerprint density at radius 1 is 1.07 bits per heavy atom. The topological polar surface area (TPSA) is 77.7 Å². The molecular weight excluding hydrogens is 358 g/mol. The minimum Gasteiger partial charge on any atom is -0.497 e. The van der Waals surface area contributed by atoms with Gasteiger partial charge in [0.1, 0.15) is 11.5 Å². The minimum absolute atomic E-state index is 0.0541. The van der Waals surface area contributed by atoms with Crippen LogP contribution in [0.25, 0.3) is 11.4 Å². The highest BCUT2D eigenvalue weighted by Gasteiger charge is 2.15. The van der Waals surface area contributed by atoms with Crippen LogP contribution in [0.4, 0.5) is 0 Å². The molecule has 146 valence electrons. The van der Waals surface area contributed by atoms with Gasteiger partial charge in [-0.3, -0.25) is 4.79 Å². The predicted octanol–water partition coefficient (Wildman–Crippen LogP) is 3.35. The number of methoxy groups -OCH3 is 1. The van der Waals surface area contributed by atoms with Crippen LogP contribution in [0.5, 0.6) is 11.5 Å². The van der Waals surface area contributed by atoms with Crippen molar-refractivity contribution in [1.82, 2.24) is 15.0 Å². The molecule has 3 aromatic rings. The molecule has 28 heavy (non-hydrogen) atoms. The minimum atomic E-state index is -0.177. The predicted molar refractivity (Wildman–Crippen MR) is 104 cm³/mol. The van der Waals surface area contributed by atoms with E-state index in [-0.39, 0.29) is 19.1 Å². The molecule has 0 spiro atoms. The summed E-state index contributed by atoms with van der Waals surface area (Å²) in [6.45, 7) is 2.24. The van der Waals surface area contributed by atoms with Crippen molar-refractivity contribution in [3.05, 3.63) is 60.0 Å². The Morgan fingerprint density at radius 3 is 2.39 bits per heavy atom. The van der Waals surface area contributed by atoms with Crippen LogP contribution in [0.3, 0.4) is 0 Å². The van der Waals surface area contributed by atoms with Crippen molar-refractivity contribution in [3.63, 3.8) is 0 Å². The van der Waals surface area contributed by atoms with E-state index in [4.69, 9.17) is 14.0 Å². The second-order valence-corrected chi connectivity index (χ2v) is 6.28. The molecular formula is C21H23N3O4. The van der Waals surface area contributed by atoms with E-state index in [9.17, 15) is 4.79 Å². The van der Waals surface area contributed by atoms with Gasteiger partial charge in [-0.1, -0.05) is 24.2 Å². The highest BCUT2D eigenvalue weighted by atomic mass is 16.5. The molecule has 3 rings (SSSR count). The van der Waals surface area contributed by atoms with E-state index in [1.807, 2.05) is 48.5 Å². The third-order valence-corrected chi connectivity index (χ3v) is 4.31. The molecule has 0 aliphatic carbocycles. The van der Waals surface area contributed by atoms with Crippen molar-refractivity contribution in [1.29, 1.82) is 0 Å². The summed E-state index contributed by atoms with van der Waals surface area (Å²) in [5, 5.41) is 3.97. The van der Waals surface area contributed by atoms with Gasteiger partial charge in [-0.25, -0.2) is 0 Å². The zero-order chi connectivity index (χ0) is 19.9. The number of carbonyl (C=O) groups excluding carboxylic acids is 1. The standard InChI is InChI=1S/C21H23N3O4/c1-4-15-5-9-18(10-6-15)27-14-20(25)24(2)13-19-22-21(23-28-19)16-7-11-17(26-3)12-8-16/h5-12H,4,13-14H2,1-3H3. The number of benzene rings is 2. The molecule has 0 fully saturated rings. The van der Waals surface area contributed by atoms with Crippen molar-refractivity contribution in [3.8, 4) is 22.9 Å². The molecule has 0 unspecified atom stereocenters. The number of aryl methyl sites for hydroxylation is 1.